The molecular formula is C22H28N2O9. The molecule has 0 N–H and O–H groups in total. The molecule has 1 aliphatic carbocycles. The van der Waals surface area contributed by atoms with Gasteiger partial charge in [-0.1, -0.05) is 6.42 Å². The van der Waals surface area contributed by atoms with Crippen molar-refractivity contribution in [2.24, 2.45) is 10.8 Å². The highest BCUT2D eigenvalue weighted by molar-refractivity contribution is 5.92. The van der Waals surface area contributed by atoms with Crippen LogP contribution in [0.3, 0.4) is 0 Å². The third-order valence-electron chi connectivity index (χ3n) is 5.64. The summed E-state index contributed by atoms with van der Waals surface area (Å²) in [4.78, 5) is 58.7. The first-order valence-electron chi connectivity index (χ1n) is 10.6. The topological polar surface area (TPSA) is 156 Å². The Labute approximate surface area is 190 Å². The fraction of sp³-hybridized carbons (Fsp3) is 0.591. The SMILES string of the molecule is CC(C)(C)C(=O)OC[C@@]1(C)C(=O)CCCCC[C@H]1OC(=O)c1cc([N+](=O)[O-])cc([N+](=O)[O-])c1. The Bertz CT molecular complexity index is 935. The maximum absolute atomic E-state index is 13.0. The van der Waals surface area contributed by atoms with Crippen molar-refractivity contribution in [3.8, 4) is 0 Å². The molecule has 0 radical (unpaired) electrons. The molecular weight excluding hydrogens is 436 g/mol. The van der Waals surface area contributed by atoms with E-state index in [4.69, 9.17) is 9.47 Å². The number of carbonyl (C=O) groups is 3. The van der Waals surface area contributed by atoms with E-state index < -0.39 is 50.1 Å². The number of esters is 2. The van der Waals surface area contributed by atoms with E-state index in [1.807, 2.05) is 0 Å². The number of Topliss-reactive ketones (excluding diaryl/α,β-unsaturated/α-hetero) is 1. The number of ketones is 1. The van der Waals surface area contributed by atoms with E-state index in [1.165, 1.54) is 0 Å². The monoisotopic (exact) mass is 464 g/mol. The lowest BCUT2D eigenvalue weighted by Crippen LogP contribution is -2.47. The van der Waals surface area contributed by atoms with Crippen LogP contribution in [0, 0.1) is 31.1 Å². The molecule has 0 amide bonds. The highest BCUT2D eigenvalue weighted by Gasteiger charge is 2.45. The molecule has 2 rings (SSSR count). The van der Waals surface area contributed by atoms with Crippen LogP contribution in [-0.4, -0.2) is 40.3 Å². The Morgan fingerprint density at radius 1 is 1.06 bits per heavy atom. The summed E-state index contributed by atoms with van der Waals surface area (Å²) in [5.41, 5.74) is -3.77. The molecule has 1 fully saturated rings. The predicted octanol–water partition coefficient (Wildman–Crippen LogP) is 4.16. The Hall–Kier alpha value is -3.37. The summed E-state index contributed by atoms with van der Waals surface area (Å²) in [6.07, 6.45) is 1.57. The minimum absolute atomic E-state index is 0.222. The van der Waals surface area contributed by atoms with E-state index in [0.29, 0.717) is 19.3 Å². The summed E-state index contributed by atoms with van der Waals surface area (Å²) in [7, 11) is 0. The summed E-state index contributed by atoms with van der Waals surface area (Å²) >= 11 is 0. The van der Waals surface area contributed by atoms with Crippen LogP contribution < -0.4 is 0 Å². The Balaban J connectivity index is 2.36. The van der Waals surface area contributed by atoms with Crippen molar-refractivity contribution in [2.45, 2.75) is 65.9 Å². The van der Waals surface area contributed by atoms with Gasteiger partial charge in [0.2, 0.25) is 0 Å². The number of ether oxygens (including phenoxy) is 2. The van der Waals surface area contributed by atoms with Crippen LogP contribution in [0.2, 0.25) is 0 Å². The normalized spacial score (nSPS) is 21.5. The average molecular weight is 464 g/mol. The van der Waals surface area contributed by atoms with Gasteiger partial charge in [0.1, 0.15) is 18.5 Å². The summed E-state index contributed by atoms with van der Waals surface area (Å²) < 4.78 is 11.0. The molecule has 0 aliphatic heterocycles. The molecule has 180 valence electrons. The van der Waals surface area contributed by atoms with Crippen LogP contribution in [0.25, 0.3) is 0 Å². The summed E-state index contributed by atoms with van der Waals surface area (Å²) in [5, 5.41) is 22.3. The lowest BCUT2D eigenvalue weighted by atomic mass is 9.75. The number of nitrogens with zero attached hydrogens (tertiary/aromatic N) is 2. The first kappa shape index (κ1) is 25.9. The highest BCUT2D eigenvalue weighted by atomic mass is 16.6. The van der Waals surface area contributed by atoms with Crippen LogP contribution in [0.5, 0.6) is 0 Å². The van der Waals surface area contributed by atoms with Crippen molar-refractivity contribution in [2.75, 3.05) is 6.61 Å². The van der Waals surface area contributed by atoms with Gasteiger partial charge in [-0.05, 0) is 47.0 Å². The van der Waals surface area contributed by atoms with Crippen LogP contribution in [-0.2, 0) is 19.1 Å². The quantitative estimate of drug-likeness (QED) is 0.342. The molecule has 0 saturated heterocycles. The van der Waals surface area contributed by atoms with Gasteiger partial charge in [0.05, 0.1) is 32.3 Å². The molecule has 1 saturated carbocycles. The minimum atomic E-state index is -1.33. The number of nitro groups is 2. The predicted molar refractivity (Wildman–Crippen MR) is 116 cm³/mol. The van der Waals surface area contributed by atoms with Crippen LogP contribution >= 0.6 is 0 Å². The molecule has 11 nitrogen and oxygen atoms in total. The van der Waals surface area contributed by atoms with E-state index in [0.717, 1.165) is 24.6 Å². The van der Waals surface area contributed by atoms with Gasteiger partial charge in [0, 0.05) is 18.6 Å². The second-order valence-electron chi connectivity index (χ2n) is 9.41. The zero-order chi connectivity index (χ0) is 25.0. The van der Waals surface area contributed by atoms with E-state index in [1.54, 1.807) is 27.7 Å². The van der Waals surface area contributed by atoms with E-state index >= 15 is 0 Å². The molecule has 11 heteroatoms. The Kier molecular flexibility index (Phi) is 7.89. The molecule has 2 atom stereocenters. The first-order valence-corrected chi connectivity index (χ1v) is 10.6. The van der Waals surface area contributed by atoms with Crippen molar-refractivity contribution in [1.29, 1.82) is 0 Å². The third kappa shape index (κ3) is 6.33. The first-order chi connectivity index (χ1) is 15.3. The molecule has 1 aliphatic rings. The van der Waals surface area contributed by atoms with Gasteiger partial charge in [-0.25, -0.2) is 4.79 Å². The van der Waals surface area contributed by atoms with E-state index in [2.05, 4.69) is 0 Å². The molecule has 0 unspecified atom stereocenters. The fourth-order valence-electron chi connectivity index (χ4n) is 3.49. The summed E-state index contributed by atoms with van der Waals surface area (Å²) in [6, 6.07) is 2.51. The minimum Gasteiger partial charge on any atom is -0.464 e. The lowest BCUT2D eigenvalue weighted by Gasteiger charge is -2.37. The lowest BCUT2D eigenvalue weighted by molar-refractivity contribution is -0.394. The molecule has 1 aromatic rings. The zero-order valence-electron chi connectivity index (χ0n) is 19.1. The standard InChI is InChI=1S/C22H28N2O9/c1-21(2,3)20(27)32-13-22(4)17(25)8-6-5-7-9-18(22)33-19(26)14-10-15(23(28)29)12-16(11-14)24(30)31/h10-12,18H,5-9,13H2,1-4H3/t18-,22+/m1/s1. The van der Waals surface area contributed by atoms with Gasteiger partial charge >= 0.3 is 11.9 Å². The van der Waals surface area contributed by atoms with Crippen LogP contribution in [0.4, 0.5) is 11.4 Å². The van der Waals surface area contributed by atoms with Gasteiger partial charge in [-0.3, -0.25) is 29.8 Å². The molecule has 0 bridgehead atoms. The second-order valence-corrected chi connectivity index (χ2v) is 9.41. The maximum Gasteiger partial charge on any atom is 0.338 e. The molecule has 0 heterocycles. The Morgan fingerprint density at radius 3 is 2.15 bits per heavy atom. The fourth-order valence-corrected chi connectivity index (χ4v) is 3.49. The largest absolute Gasteiger partial charge is 0.464 e. The number of nitro benzene ring substituents is 2. The van der Waals surface area contributed by atoms with Gasteiger partial charge in [-0.2, -0.15) is 0 Å². The number of benzene rings is 1. The third-order valence-corrected chi connectivity index (χ3v) is 5.64. The average Bonchev–Trinajstić information content (AvgIpc) is 2.73. The smallest absolute Gasteiger partial charge is 0.338 e. The number of carbonyl (C=O) groups excluding carboxylic acids is 3. The zero-order valence-corrected chi connectivity index (χ0v) is 19.1. The molecule has 33 heavy (non-hydrogen) atoms. The van der Waals surface area contributed by atoms with Crippen LogP contribution in [0.1, 0.15) is 70.2 Å². The Morgan fingerprint density at radius 2 is 1.64 bits per heavy atom. The van der Waals surface area contributed by atoms with Gasteiger partial charge < -0.3 is 9.47 Å². The van der Waals surface area contributed by atoms with Crippen molar-refractivity contribution in [1.82, 2.24) is 0 Å². The molecule has 0 spiro atoms. The van der Waals surface area contributed by atoms with Crippen LogP contribution in [0.15, 0.2) is 18.2 Å². The number of rotatable bonds is 6. The van der Waals surface area contributed by atoms with Crippen molar-refractivity contribution in [3.63, 3.8) is 0 Å². The second kappa shape index (κ2) is 10.1. The summed E-state index contributed by atoms with van der Waals surface area (Å²) in [6.45, 7) is 6.28. The van der Waals surface area contributed by atoms with Gasteiger partial charge in [-0.15, -0.1) is 0 Å². The van der Waals surface area contributed by atoms with E-state index in [-0.39, 0.29) is 24.4 Å². The highest BCUT2D eigenvalue weighted by Crippen LogP contribution is 2.36. The number of hydrogen-bond donors (Lipinski definition) is 0. The van der Waals surface area contributed by atoms with Crippen molar-refractivity contribution < 1.29 is 33.7 Å². The molecule has 1 aromatic carbocycles. The summed E-state index contributed by atoms with van der Waals surface area (Å²) in [5.74, 6) is -1.78. The molecule has 0 aromatic heterocycles. The number of non-ortho nitro benzene ring substituents is 2. The maximum atomic E-state index is 13.0. The van der Waals surface area contributed by atoms with E-state index in [9.17, 15) is 34.6 Å². The van der Waals surface area contributed by atoms with Crippen molar-refractivity contribution >= 4 is 29.1 Å². The van der Waals surface area contributed by atoms with Gasteiger partial charge in [0.25, 0.3) is 11.4 Å². The number of hydrogen-bond acceptors (Lipinski definition) is 9. The van der Waals surface area contributed by atoms with Gasteiger partial charge in [0.15, 0.2) is 0 Å². The van der Waals surface area contributed by atoms with Crippen molar-refractivity contribution in [3.05, 3.63) is 44.0 Å².